The third-order valence-electron chi connectivity index (χ3n) is 2.81. The average molecular weight is 429 g/mol. The molecule has 1 amide bonds. The summed E-state index contributed by atoms with van der Waals surface area (Å²) in [6.45, 7) is 0.356. The van der Waals surface area contributed by atoms with Crippen molar-refractivity contribution in [2.24, 2.45) is 5.73 Å². The molecular weight excluding hydrogens is 410 g/mol. The molecule has 1 unspecified atom stereocenters. The minimum absolute atomic E-state index is 0. The van der Waals surface area contributed by atoms with E-state index in [1.165, 1.54) is 7.11 Å². The minimum atomic E-state index is -4.52. The van der Waals surface area contributed by atoms with Gasteiger partial charge in [-0.15, -0.1) is 24.8 Å². The van der Waals surface area contributed by atoms with Gasteiger partial charge < -0.3 is 20.5 Å². The van der Waals surface area contributed by atoms with Crippen LogP contribution in [0.15, 0.2) is 12.3 Å². The second kappa shape index (κ2) is 12.4. The highest BCUT2D eigenvalue weighted by molar-refractivity contribution is 6.31. The Morgan fingerprint density at radius 1 is 1.44 bits per heavy atom. The largest absolute Gasteiger partial charge is 0.475 e. The van der Waals surface area contributed by atoms with E-state index in [9.17, 15) is 18.0 Å². The van der Waals surface area contributed by atoms with Crippen LogP contribution in [-0.4, -0.2) is 43.8 Å². The topological polar surface area (TPSA) is 86.5 Å². The van der Waals surface area contributed by atoms with Crippen molar-refractivity contribution in [2.75, 3.05) is 26.8 Å². The highest BCUT2D eigenvalue weighted by Gasteiger charge is 2.31. The van der Waals surface area contributed by atoms with Crippen LogP contribution in [0.25, 0.3) is 0 Å². The van der Waals surface area contributed by atoms with Gasteiger partial charge in [0.25, 0.3) is 0 Å². The second-order valence-corrected chi connectivity index (χ2v) is 4.91. The fourth-order valence-corrected chi connectivity index (χ4v) is 1.79. The standard InChI is InChI=1S/C13H17ClF3N3O3.2ClH/c1-22-9(6-18)5-11(21)19-2-3-23-12-10(14)4-8(7-20-12)13(15,16)17;;/h4,7,9H,2-3,5-6,18H2,1H3,(H,19,21);2*1H. The number of alkyl halides is 3. The summed E-state index contributed by atoms with van der Waals surface area (Å²) in [5.74, 6) is -0.414. The number of ether oxygens (including phenoxy) is 2. The molecule has 1 aromatic heterocycles. The van der Waals surface area contributed by atoms with Gasteiger partial charge in [-0.3, -0.25) is 4.79 Å². The van der Waals surface area contributed by atoms with Crippen LogP contribution < -0.4 is 15.8 Å². The lowest BCUT2D eigenvalue weighted by atomic mass is 10.2. The molecule has 146 valence electrons. The molecular formula is C13H19Cl3F3N3O3. The molecule has 0 aliphatic rings. The van der Waals surface area contributed by atoms with Crippen LogP contribution in [0.2, 0.25) is 5.02 Å². The molecule has 0 spiro atoms. The van der Waals surface area contributed by atoms with Crippen molar-refractivity contribution in [1.82, 2.24) is 10.3 Å². The molecule has 1 aromatic rings. The highest BCUT2D eigenvalue weighted by atomic mass is 35.5. The number of carbonyl (C=O) groups excluding carboxylic acids is 1. The molecule has 1 rings (SSSR count). The second-order valence-electron chi connectivity index (χ2n) is 4.50. The lowest BCUT2D eigenvalue weighted by molar-refractivity contribution is -0.137. The fourth-order valence-electron chi connectivity index (χ4n) is 1.57. The van der Waals surface area contributed by atoms with Crippen molar-refractivity contribution in [1.29, 1.82) is 0 Å². The number of nitrogens with one attached hydrogen (secondary N) is 1. The first-order chi connectivity index (χ1) is 10.8. The van der Waals surface area contributed by atoms with Gasteiger partial charge in [0, 0.05) is 19.9 Å². The summed E-state index contributed by atoms with van der Waals surface area (Å²) in [5.41, 5.74) is 4.43. The van der Waals surface area contributed by atoms with Gasteiger partial charge in [0.15, 0.2) is 0 Å². The molecule has 1 heterocycles. The van der Waals surface area contributed by atoms with Gasteiger partial charge in [-0.25, -0.2) is 4.98 Å². The monoisotopic (exact) mass is 427 g/mol. The zero-order chi connectivity index (χ0) is 17.5. The summed E-state index contributed by atoms with van der Waals surface area (Å²) in [4.78, 5) is 15.0. The molecule has 3 N–H and O–H groups in total. The van der Waals surface area contributed by atoms with Crippen LogP contribution in [0.5, 0.6) is 5.88 Å². The number of nitrogens with zero attached hydrogens (tertiary/aromatic N) is 1. The normalized spacial score (nSPS) is 11.8. The number of nitrogens with two attached hydrogens (primary N) is 1. The number of hydrogen-bond acceptors (Lipinski definition) is 5. The number of halogens is 6. The summed E-state index contributed by atoms with van der Waals surface area (Å²) in [7, 11) is 1.45. The molecule has 0 aliphatic carbocycles. The molecule has 25 heavy (non-hydrogen) atoms. The number of pyridine rings is 1. The van der Waals surface area contributed by atoms with Crippen LogP contribution in [0.4, 0.5) is 13.2 Å². The summed E-state index contributed by atoms with van der Waals surface area (Å²) in [6, 6.07) is 0.729. The first-order valence-corrected chi connectivity index (χ1v) is 7.00. The van der Waals surface area contributed by atoms with E-state index in [0.717, 1.165) is 6.07 Å². The van der Waals surface area contributed by atoms with Crippen molar-refractivity contribution >= 4 is 42.3 Å². The fraction of sp³-hybridized carbons (Fsp3) is 0.538. The minimum Gasteiger partial charge on any atom is -0.475 e. The van der Waals surface area contributed by atoms with Crippen LogP contribution in [0.1, 0.15) is 12.0 Å². The predicted molar refractivity (Wildman–Crippen MR) is 91.7 cm³/mol. The van der Waals surface area contributed by atoms with E-state index in [1.54, 1.807) is 0 Å². The number of hydrogen-bond donors (Lipinski definition) is 2. The molecule has 0 aromatic carbocycles. The van der Waals surface area contributed by atoms with Crippen molar-refractivity contribution in [3.63, 3.8) is 0 Å². The Balaban J connectivity index is 0. The van der Waals surface area contributed by atoms with Crippen LogP contribution in [0.3, 0.4) is 0 Å². The quantitative estimate of drug-likeness (QED) is 0.621. The molecule has 12 heteroatoms. The highest BCUT2D eigenvalue weighted by Crippen LogP contribution is 2.32. The molecule has 0 aliphatic heterocycles. The van der Waals surface area contributed by atoms with E-state index in [-0.39, 0.29) is 73.8 Å². The van der Waals surface area contributed by atoms with Gasteiger partial charge in [0.1, 0.15) is 11.6 Å². The van der Waals surface area contributed by atoms with E-state index in [1.807, 2.05) is 0 Å². The molecule has 0 fully saturated rings. The van der Waals surface area contributed by atoms with Crippen molar-refractivity contribution in [3.05, 3.63) is 22.8 Å². The summed E-state index contributed by atoms with van der Waals surface area (Å²) in [6.07, 6.45) is -4.16. The van der Waals surface area contributed by atoms with Gasteiger partial charge >= 0.3 is 6.18 Å². The maximum atomic E-state index is 12.5. The van der Waals surface area contributed by atoms with Crippen LogP contribution in [-0.2, 0) is 15.7 Å². The smallest absolute Gasteiger partial charge is 0.417 e. The Bertz CT molecular complexity index is 532. The van der Waals surface area contributed by atoms with Crippen molar-refractivity contribution in [3.8, 4) is 5.88 Å². The maximum Gasteiger partial charge on any atom is 0.417 e. The molecule has 0 bridgehead atoms. The maximum absolute atomic E-state index is 12.5. The van der Waals surface area contributed by atoms with Gasteiger partial charge in [-0.1, -0.05) is 11.6 Å². The first-order valence-electron chi connectivity index (χ1n) is 6.63. The Morgan fingerprint density at radius 2 is 2.08 bits per heavy atom. The van der Waals surface area contributed by atoms with Crippen LogP contribution in [0, 0.1) is 0 Å². The number of aromatic nitrogens is 1. The van der Waals surface area contributed by atoms with E-state index < -0.39 is 11.7 Å². The average Bonchev–Trinajstić information content (AvgIpc) is 2.49. The third kappa shape index (κ3) is 9.31. The zero-order valence-corrected chi connectivity index (χ0v) is 15.5. The molecule has 1 atom stereocenters. The van der Waals surface area contributed by atoms with E-state index >= 15 is 0 Å². The SMILES string of the molecule is COC(CN)CC(=O)NCCOc1ncc(C(F)(F)F)cc1Cl.Cl.Cl. The number of amides is 1. The van der Waals surface area contributed by atoms with Gasteiger partial charge in [0.05, 0.1) is 24.6 Å². The van der Waals surface area contributed by atoms with Gasteiger partial charge in [-0.2, -0.15) is 13.2 Å². The number of rotatable bonds is 8. The summed E-state index contributed by atoms with van der Waals surface area (Å²) >= 11 is 5.68. The van der Waals surface area contributed by atoms with E-state index in [2.05, 4.69) is 10.3 Å². The summed E-state index contributed by atoms with van der Waals surface area (Å²) in [5, 5.41) is 2.30. The lowest BCUT2D eigenvalue weighted by Crippen LogP contribution is -2.34. The van der Waals surface area contributed by atoms with E-state index in [4.69, 9.17) is 26.8 Å². The third-order valence-corrected chi connectivity index (χ3v) is 3.08. The Labute approximate surface area is 160 Å². The molecule has 0 saturated heterocycles. The van der Waals surface area contributed by atoms with Crippen molar-refractivity contribution < 1.29 is 27.4 Å². The Kier molecular flexibility index (Phi) is 13.0. The number of methoxy groups -OCH3 is 1. The Morgan fingerprint density at radius 3 is 2.56 bits per heavy atom. The van der Waals surface area contributed by atoms with Crippen molar-refractivity contribution in [2.45, 2.75) is 18.7 Å². The summed E-state index contributed by atoms with van der Waals surface area (Å²) < 4.78 is 47.4. The first kappa shape index (κ1) is 26.2. The Hall–Kier alpha value is -1.00. The number of carbonyl (C=O) groups is 1. The van der Waals surface area contributed by atoms with Gasteiger partial charge in [-0.05, 0) is 6.07 Å². The zero-order valence-electron chi connectivity index (χ0n) is 13.1. The van der Waals surface area contributed by atoms with Gasteiger partial charge in [0.2, 0.25) is 11.8 Å². The molecule has 0 saturated carbocycles. The molecule has 6 nitrogen and oxygen atoms in total. The van der Waals surface area contributed by atoms with Crippen LogP contribution >= 0.6 is 36.4 Å². The predicted octanol–water partition coefficient (Wildman–Crippen LogP) is 2.46. The lowest BCUT2D eigenvalue weighted by Gasteiger charge is -2.13. The molecule has 0 radical (unpaired) electrons. The van der Waals surface area contributed by atoms with E-state index in [0.29, 0.717) is 6.20 Å².